The minimum Gasteiger partial charge on any atom is -0.322 e. The van der Waals surface area contributed by atoms with Gasteiger partial charge in [0.2, 0.25) is 4.77 Å². The standard InChI is InChI=1S/C20H23ClN6S/c1-24-19(17-5-7-22-8-6-17)23-27(20(24)28)15-26-11-9-25(10-12-26)14-16-3-2-4-18(21)13-16/h2-8,13H,9-12,14-15H2,1H3/p+2. The number of piperazine rings is 1. The summed E-state index contributed by atoms with van der Waals surface area (Å²) in [6.45, 7) is 6.33. The molecule has 0 amide bonds. The Kier molecular flexibility index (Phi) is 5.87. The number of nitrogens with one attached hydrogen (secondary N) is 2. The fourth-order valence-corrected chi connectivity index (χ4v) is 4.19. The fraction of sp³-hybridized carbons (Fsp3) is 0.350. The van der Waals surface area contributed by atoms with Gasteiger partial charge in [-0.2, -0.15) is 4.68 Å². The topological polar surface area (TPSA) is 44.5 Å². The van der Waals surface area contributed by atoms with E-state index >= 15 is 0 Å². The van der Waals surface area contributed by atoms with Gasteiger partial charge < -0.3 is 14.4 Å². The first kappa shape index (κ1) is 19.3. The Hall–Kier alpha value is -2.06. The van der Waals surface area contributed by atoms with E-state index in [9.17, 15) is 0 Å². The van der Waals surface area contributed by atoms with Gasteiger partial charge in [0.15, 0.2) is 12.5 Å². The van der Waals surface area contributed by atoms with Crippen LogP contribution in [0.1, 0.15) is 5.56 Å². The zero-order valence-electron chi connectivity index (χ0n) is 15.9. The van der Waals surface area contributed by atoms with Gasteiger partial charge in [0.1, 0.15) is 32.7 Å². The van der Waals surface area contributed by atoms with Crippen molar-refractivity contribution in [2.45, 2.75) is 13.2 Å². The summed E-state index contributed by atoms with van der Waals surface area (Å²) in [5, 5.41) is 5.59. The summed E-state index contributed by atoms with van der Waals surface area (Å²) in [6, 6.07) is 12.1. The third-order valence-electron chi connectivity index (χ3n) is 5.36. The number of halogens is 1. The van der Waals surface area contributed by atoms with Crippen molar-refractivity contribution in [3.63, 3.8) is 0 Å². The second-order valence-electron chi connectivity index (χ2n) is 7.37. The summed E-state index contributed by atoms with van der Waals surface area (Å²) < 4.78 is 4.70. The molecule has 0 spiro atoms. The van der Waals surface area contributed by atoms with Crippen molar-refractivity contribution in [2.75, 3.05) is 26.2 Å². The highest BCUT2D eigenvalue weighted by Crippen LogP contribution is 2.15. The molecule has 1 aromatic carbocycles. The van der Waals surface area contributed by atoms with Crippen LogP contribution in [0.3, 0.4) is 0 Å². The highest BCUT2D eigenvalue weighted by molar-refractivity contribution is 7.71. The lowest BCUT2D eigenvalue weighted by molar-refractivity contribution is -1.03. The maximum atomic E-state index is 6.11. The minimum atomic E-state index is 0.757. The number of pyridine rings is 1. The van der Waals surface area contributed by atoms with Crippen LogP contribution in [0.2, 0.25) is 5.02 Å². The van der Waals surface area contributed by atoms with E-state index in [-0.39, 0.29) is 0 Å². The SMILES string of the molecule is Cn1c(-c2ccncc2)nn(C[NH+]2CC[NH+](Cc3cccc(Cl)c3)CC2)c1=S. The Morgan fingerprint density at radius 2 is 1.79 bits per heavy atom. The molecule has 0 radical (unpaired) electrons. The van der Waals surface area contributed by atoms with Crippen molar-refractivity contribution in [1.82, 2.24) is 19.3 Å². The number of rotatable bonds is 5. The Balaban J connectivity index is 1.38. The first-order valence-corrected chi connectivity index (χ1v) is 10.3. The molecular formula is C20H25ClN6S+2. The molecule has 8 heteroatoms. The second kappa shape index (κ2) is 8.53. The highest BCUT2D eigenvalue weighted by atomic mass is 35.5. The normalized spacial score (nSPS) is 19.6. The monoisotopic (exact) mass is 416 g/mol. The van der Waals surface area contributed by atoms with Gasteiger partial charge in [0.05, 0.1) is 0 Å². The lowest BCUT2D eigenvalue weighted by atomic mass is 10.2. The molecule has 3 aromatic rings. The van der Waals surface area contributed by atoms with Crippen LogP contribution in [-0.4, -0.2) is 45.5 Å². The first-order chi connectivity index (χ1) is 13.6. The molecule has 28 heavy (non-hydrogen) atoms. The number of nitrogens with zero attached hydrogens (tertiary/aromatic N) is 4. The maximum absolute atomic E-state index is 6.11. The van der Waals surface area contributed by atoms with Crippen LogP contribution in [0.15, 0.2) is 48.8 Å². The average Bonchev–Trinajstić information content (AvgIpc) is 2.99. The van der Waals surface area contributed by atoms with E-state index in [1.807, 2.05) is 40.6 Å². The Bertz CT molecular complexity index is 991. The van der Waals surface area contributed by atoms with Gasteiger partial charge in [0, 0.05) is 35.6 Å². The Morgan fingerprint density at radius 1 is 1.07 bits per heavy atom. The zero-order valence-corrected chi connectivity index (χ0v) is 17.5. The molecule has 1 aliphatic rings. The predicted octanol–water partition coefficient (Wildman–Crippen LogP) is 0.608. The van der Waals surface area contributed by atoms with E-state index in [0.717, 1.165) is 60.6 Å². The average molecular weight is 417 g/mol. The fourth-order valence-electron chi connectivity index (χ4n) is 3.78. The van der Waals surface area contributed by atoms with Crippen molar-refractivity contribution < 1.29 is 9.80 Å². The molecule has 0 bridgehead atoms. The molecule has 1 aliphatic heterocycles. The van der Waals surface area contributed by atoms with Crippen LogP contribution < -0.4 is 9.80 Å². The van der Waals surface area contributed by atoms with Crippen LogP contribution >= 0.6 is 23.8 Å². The van der Waals surface area contributed by atoms with Gasteiger partial charge in [-0.15, -0.1) is 5.10 Å². The molecular weight excluding hydrogens is 392 g/mol. The largest absolute Gasteiger partial charge is 0.322 e. The van der Waals surface area contributed by atoms with Crippen LogP contribution in [0, 0.1) is 4.77 Å². The third-order valence-corrected chi connectivity index (χ3v) is 6.08. The van der Waals surface area contributed by atoms with E-state index in [1.54, 1.807) is 17.3 Å². The molecule has 0 atom stereocenters. The lowest BCUT2D eigenvalue weighted by Crippen LogP contribution is -3.27. The van der Waals surface area contributed by atoms with Crippen LogP contribution in [-0.2, 0) is 20.3 Å². The van der Waals surface area contributed by atoms with Gasteiger partial charge in [-0.05, 0) is 36.5 Å². The van der Waals surface area contributed by atoms with E-state index in [2.05, 4.69) is 17.1 Å². The number of quaternary nitrogens is 2. The van der Waals surface area contributed by atoms with Crippen LogP contribution in [0.4, 0.5) is 0 Å². The van der Waals surface area contributed by atoms with Crippen molar-refractivity contribution >= 4 is 23.8 Å². The van der Waals surface area contributed by atoms with Crippen molar-refractivity contribution in [1.29, 1.82) is 0 Å². The number of hydrogen-bond acceptors (Lipinski definition) is 3. The molecule has 1 fully saturated rings. The summed E-state index contributed by atoms with van der Waals surface area (Å²) in [5.74, 6) is 0.886. The van der Waals surface area contributed by atoms with Gasteiger partial charge in [-0.25, -0.2) is 0 Å². The summed E-state index contributed by atoms with van der Waals surface area (Å²) in [4.78, 5) is 7.21. The van der Waals surface area contributed by atoms with Crippen molar-refractivity contribution in [2.24, 2.45) is 7.05 Å². The Morgan fingerprint density at radius 3 is 2.50 bits per heavy atom. The number of aromatic nitrogens is 4. The van der Waals surface area contributed by atoms with Crippen molar-refractivity contribution in [3.8, 4) is 11.4 Å². The van der Waals surface area contributed by atoms with Gasteiger partial charge >= 0.3 is 0 Å². The van der Waals surface area contributed by atoms with Crippen LogP contribution in [0.25, 0.3) is 11.4 Å². The number of benzene rings is 1. The minimum absolute atomic E-state index is 0.757. The molecule has 0 saturated carbocycles. The van der Waals surface area contributed by atoms with E-state index in [4.69, 9.17) is 28.9 Å². The molecule has 6 nitrogen and oxygen atoms in total. The molecule has 0 unspecified atom stereocenters. The Labute approximate surface area is 175 Å². The highest BCUT2D eigenvalue weighted by Gasteiger charge is 2.24. The van der Waals surface area contributed by atoms with Gasteiger partial charge in [0.25, 0.3) is 0 Å². The molecule has 0 aliphatic carbocycles. The van der Waals surface area contributed by atoms with E-state index in [1.165, 1.54) is 10.5 Å². The quantitative estimate of drug-likeness (QED) is 0.599. The first-order valence-electron chi connectivity index (χ1n) is 9.56. The zero-order chi connectivity index (χ0) is 19.5. The molecule has 1 saturated heterocycles. The van der Waals surface area contributed by atoms with Gasteiger partial charge in [-0.1, -0.05) is 23.7 Å². The van der Waals surface area contributed by atoms with Crippen LogP contribution in [0.5, 0.6) is 0 Å². The summed E-state index contributed by atoms with van der Waals surface area (Å²) >= 11 is 11.7. The molecule has 3 heterocycles. The maximum Gasteiger partial charge on any atom is 0.202 e. The number of hydrogen-bond donors (Lipinski definition) is 2. The smallest absolute Gasteiger partial charge is 0.202 e. The van der Waals surface area contributed by atoms with Crippen molar-refractivity contribution in [3.05, 3.63) is 64.1 Å². The molecule has 2 aromatic heterocycles. The lowest BCUT2D eigenvalue weighted by Gasteiger charge is -2.29. The van der Waals surface area contributed by atoms with E-state index in [0.29, 0.717) is 0 Å². The molecule has 2 N–H and O–H groups in total. The molecule has 146 valence electrons. The molecule has 4 rings (SSSR count). The third kappa shape index (κ3) is 4.33. The summed E-state index contributed by atoms with van der Waals surface area (Å²) in [5.41, 5.74) is 2.34. The predicted molar refractivity (Wildman–Crippen MR) is 112 cm³/mol. The summed E-state index contributed by atoms with van der Waals surface area (Å²) in [7, 11) is 1.98. The second-order valence-corrected chi connectivity index (χ2v) is 8.17. The van der Waals surface area contributed by atoms with Gasteiger partial charge in [-0.3, -0.25) is 4.98 Å². The summed E-state index contributed by atoms with van der Waals surface area (Å²) in [6.07, 6.45) is 3.56. The van der Waals surface area contributed by atoms with E-state index < -0.39 is 0 Å².